The summed E-state index contributed by atoms with van der Waals surface area (Å²) in [5, 5.41) is 13.3. The molecule has 0 spiro atoms. The lowest BCUT2D eigenvalue weighted by Gasteiger charge is -2.00. The number of furan rings is 1. The van der Waals surface area contributed by atoms with Crippen molar-refractivity contribution in [2.24, 2.45) is 0 Å². The van der Waals surface area contributed by atoms with Crippen molar-refractivity contribution in [1.82, 2.24) is 14.3 Å². The van der Waals surface area contributed by atoms with Crippen LogP contribution in [0.2, 0.25) is 0 Å². The van der Waals surface area contributed by atoms with Crippen LogP contribution in [0, 0.1) is 11.3 Å². The van der Waals surface area contributed by atoms with Gasteiger partial charge in [0.25, 0.3) is 0 Å². The molecule has 114 valence electrons. The van der Waals surface area contributed by atoms with Crippen LogP contribution >= 0.6 is 0 Å². The van der Waals surface area contributed by atoms with E-state index in [0.717, 1.165) is 18.4 Å². The van der Waals surface area contributed by atoms with Gasteiger partial charge >= 0.3 is 5.69 Å². The molecule has 0 aliphatic heterocycles. The Morgan fingerprint density at radius 1 is 1.26 bits per heavy atom. The molecule has 3 aromatic rings. The highest BCUT2D eigenvalue weighted by atomic mass is 16.3. The maximum absolute atomic E-state index is 12.7. The summed E-state index contributed by atoms with van der Waals surface area (Å²) >= 11 is 0. The Labute approximate surface area is 132 Å². The molecule has 2 heterocycles. The molecule has 1 fully saturated rings. The monoisotopic (exact) mass is 306 g/mol. The molecule has 0 amide bonds. The largest absolute Gasteiger partial charge is 0.461 e. The SMILES string of the molecule is N#Cc1ccc(Cn2nc(-c3ccco3)n(C3CC3)c2=O)cc1. The first-order valence-electron chi connectivity index (χ1n) is 7.48. The average molecular weight is 306 g/mol. The van der Waals surface area contributed by atoms with Gasteiger partial charge in [-0.05, 0) is 42.7 Å². The molecule has 0 N–H and O–H groups in total. The van der Waals surface area contributed by atoms with Gasteiger partial charge in [-0.1, -0.05) is 12.1 Å². The van der Waals surface area contributed by atoms with Gasteiger partial charge in [-0.3, -0.25) is 4.57 Å². The lowest BCUT2D eigenvalue weighted by molar-refractivity contribution is 0.568. The van der Waals surface area contributed by atoms with E-state index in [1.165, 1.54) is 4.68 Å². The lowest BCUT2D eigenvalue weighted by Crippen LogP contribution is -2.25. The highest BCUT2D eigenvalue weighted by Gasteiger charge is 2.31. The van der Waals surface area contributed by atoms with Crippen molar-refractivity contribution >= 4 is 0 Å². The maximum atomic E-state index is 12.7. The standard InChI is InChI=1S/C17H14N4O2/c18-10-12-3-5-13(6-4-12)11-20-17(22)21(14-7-8-14)16(19-20)15-2-1-9-23-15/h1-6,9,14H,7-8,11H2. The van der Waals surface area contributed by atoms with Crippen LogP contribution in [0.25, 0.3) is 11.6 Å². The van der Waals surface area contributed by atoms with Gasteiger partial charge in [0.15, 0.2) is 5.76 Å². The maximum Gasteiger partial charge on any atom is 0.346 e. The highest BCUT2D eigenvalue weighted by molar-refractivity contribution is 5.46. The van der Waals surface area contributed by atoms with Crippen molar-refractivity contribution in [2.45, 2.75) is 25.4 Å². The van der Waals surface area contributed by atoms with Gasteiger partial charge in [-0.25, -0.2) is 9.48 Å². The zero-order valence-corrected chi connectivity index (χ0v) is 12.3. The highest BCUT2D eigenvalue weighted by Crippen LogP contribution is 2.36. The third kappa shape index (κ3) is 2.46. The first-order valence-corrected chi connectivity index (χ1v) is 7.48. The fraction of sp³-hybridized carbons (Fsp3) is 0.235. The van der Waals surface area contributed by atoms with E-state index < -0.39 is 0 Å². The van der Waals surface area contributed by atoms with Gasteiger partial charge in [-0.2, -0.15) is 5.26 Å². The van der Waals surface area contributed by atoms with Crippen molar-refractivity contribution in [3.63, 3.8) is 0 Å². The number of nitrogens with zero attached hydrogens (tertiary/aromatic N) is 4. The molecular weight excluding hydrogens is 292 g/mol. The summed E-state index contributed by atoms with van der Waals surface area (Å²) in [6, 6.07) is 13.1. The summed E-state index contributed by atoms with van der Waals surface area (Å²) in [5.41, 5.74) is 1.40. The average Bonchev–Trinajstić information content (AvgIpc) is 3.15. The molecule has 0 atom stereocenters. The van der Waals surface area contributed by atoms with Crippen molar-refractivity contribution in [1.29, 1.82) is 5.26 Å². The summed E-state index contributed by atoms with van der Waals surface area (Å²) in [6.45, 7) is 0.373. The molecule has 1 aliphatic carbocycles. The minimum atomic E-state index is -0.122. The molecule has 0 unspecified atom stereocenters. The fourth-order valence-corrected chi connectivity index (χ4v) is 2.62. The molecule has 1 aromatic carbocycles. The third-order valence-electron chi connectivity index (χ3n) is 3.94. The van der Waals surface area contributed by atoms with Crippen molar-refractivity contribution in [3.05, 3.63) is 64.3 Å². The summed E-state index contributed by atoms with van der Waals surface area (Å²) in [4.78, 5) is 12.7. The minimum absolute atomic E-state index is 0.122. The summed E-state index contributed by atoms with van der Waals surface area (Å²) in [7, 11) is 0. The number of aromatic nitrogens is 3. The van der Waals surface area contributed by atoms with Crippen LogP contribution in [-0.2, 0) is 6.54 Å². The van der Waals surface area contributed by atoms with E-state index in [9.17, 15) is 4.79 Å². The Balaban J connectivity index is 1.73. The van der Waals surface area contributed by atoms with E-state index in [0.29, 0.717) is 23.7 Å². The molecule has 6 nitrogen and oxygen atoms in total. The molecule has 0 bridgehead atoms. The second-order valence-electron chi connectivity index (χ2n) is 5.65. The first kappa shape index (κ1) is 13.6. The fourth-order valence-electron chi connectivity index (χ4n) is 2.62. The van der Waals surface area contributed by atoms with Crippen molar-refractivity contribution in [2.75, 3.05) is 0 Å². The van der Waals surface area contributed by atoms with Crippen LogP contribution in [0.15, 0.2) is 51.9 Å². The Morgan fingerprint density at radius 3 is 2.65 bits per heavy atom. The van der Waals surface area contributed by atoms with Crippen LogP contribution in [0.4, 0.5) is 0 Å². The Morgan fingerprint density at radius 2 is 2.04 bits per heavy atom. The molecule has 1 saturated carbocycles. The van der Waals surface area contributed by atoms with Gasteiger partial charge in [0.2, 0.25) is 5.82 Å². The first-order chi connectivity index (χ1) is 11.3. The Kier molecular flexibility index (Phi) is 3.12. The topological polar surface area (TPSA) is 76.8 Å². The van der Waals surface area contributed by atoms with E-state index in [2.05, 4.69) is 11.2 Å². The smallest absolute Gasteiger partial charge is 0.346 e. The van der Waals surface area contributed by atoms with E-state index in [1.807, 2.05) is 18.2 Å². The van der Waals surface area contributed by atoms with Gasteiger partial charge in [0.1, 0.15) is 0 Å². The van der Waals surface area contributed by atoms with Crippen LogP contribution in [-0.4, -0.2) is 14.3 Å². The van der Waals surface area contributed by atoms with Crippen molar-refractivity contribution < 1.29 is 4.42 Å². The number of rotatable bonds is 4. The molecule has 2 aromatic heterocycles. The molecule has 0 radical (unpaired) electrons. The van der Waals surface area contributed by atoms with E-state index in [4.69, 9.17) is 9.68 Å². The number of nitriles is 1. The van der Waals surface area contributed by atoms with Gasteiger partial charge in [-0.15, -0.1) is 5.10 Å². The zero-order valence-electron chi connectivity index (χ0n) is 12.3. The summed E-state index contributed by atoms with van der Waals surface area (Å²) in [6.07, 6.45) is 3.57. The van der Waals surface area contributed by atoms with Gasteiger partial charge in [0.05, 0.1) is 24.4 Å². The number of benzene rings is 1. The van der Waals surface area contributed by atoms with E-state index in [-0.39, 0.29) is 11.7 Å². The van der Waals surface area contributed by atoms with Crippen LogP contribution in [0.5, 0.6) is 0 Å². The molecule has 1 aliphatic rings. The van der Waals surface area contributed by atoms with Gasteiger partial charge < -0.3 is 4.42 Å². The Bertz CT molecular complexity index is 923. The molecular formula is C17H14N4O2. The second-order valence-corrected chi connectivity index (χ2v) is 5.65. The lowest BCUT2D eigenvalue weighted by atomic mass is 10.1. The third-order valence-corrected chi connectivity index (χ3v) is 3.94. The van der Waals surface area contributed by atoms with Crippen LogP contribution < -0.4 is 5.69 Å². The van der Waals surface area contributed by atoms with E-state index in [1.54, 1.807) is 29.0 Å². The number of hydrogen-bond donors (Lipinski definition) is 0. The van der Waals surface area contributed by atoms with Crippen LogP contribution in [0.3, 0.4) is 0 Å². The molecule has 23 heavy (non-hydrogen) atoms. The van der Waals surface area contributed by atoms with Crippen LogP contribution in [0.1, 0.15) is 30.0 Å². The minimum Gasteiger partial charge on any atom is -0.461 e. The normalized spacial score (nSPS) is 13.9. The summed E-state index contributed by atoms with van der Waals surface area (Å²) < 4.78 is 8.60. The molecule has 6 heteroatoms. The molecule has 0 saturated heterocycles. The number of hydrogen-bond acceptors (Lipinski definition) is 4. The predicted octanol–water partition coefficient (Wildman–Crippen LogP) is 2.56. The predicted molar refractivity (Wildman–Crippen MR) is 82.7 cm³/mol. The van der Waals surface area contributed by atoms with Gasteiger partial charge in [0, 0.05) is 6.04 Å². The molecule has 4 rings (SSSR count). The summed E-state index contributed by atoms with van der Waals surface area (Å²) in [5.74, 6) is 1.18. The zero-order chi connectivity index (χ0) is 15.8. The van der Waals surface area contributed by atoms with Crippen molar-refractivity contribution in [3.8, 4) is 17.7 Å². The Hall–Kier alpha value is -3.07. The second kappa shape index (κ2) is 5.29. The van der Waals surface area contributed by atoms with E-state index >= 15 is 0 Å². The quantitative estimate of drug-likeness (QED) is 0.742.